The molecule has 0 bridgehead atoms. The van der Waals surface area contributed by atoms with Gasteiger partial charge in [0.1, 0.15) is 11.6 Å². The molecule has 8 heteroatoms. The van der Waals surface area contributed by atoms with E-state index in [-0.39, 0.29) is 11.6 Å². The van der Waals surface area contributed by atoms with Crippen molar-refractivity contribution in [1.82, 2.24) is 9.55 Å². The van der Waals surface area contributed by atoms with Crippen LogP contribution in [-0.2, 0) is 6.42 Å². The minimum atomic E-state index is -4.41. The van der Waals surface area contributed by atoms with Crippen molar-refractivity contribution in [3.8, 4) is 17.3 Å². The van der Waals surface area contributed by atoms with Crippen LogP contribution in [0.3, 0.4) is 0 Å². The Hall–Kier alpha value is -2.51. The number of rotatable bonds is 5. The van der Waals surface area contributed by atoms with E-state index in [2.05, 4.69) is 9.72 Å². The van der Waals surface area contributed by atoms with E-state index in [4.69, 9.17) is 0 Å². The van der Waals surface area contributed by atoms with Crippen molar-refractivity contribution in [1.29, 1.82) is 0 Å². The van der Waals surface area contributed by atoms with Gasteiger partial charge in [-0.2, -0.15) is 18.2 Å². The van der Waals surface area contributed by atoms with Gasteiger partial charge < -0.3 is 9.84 Å². The minimum absolute atomic E-state index is 0.0444. The molecule has 1 aromatic heterocycles. The topological polar surface area (TPSA) is 64.4 Å². The summed E-state index contributed by atoms with van der Waals surface area (Å²) < 4.78 is 42.3. The molecule has 0 unspecified atom stereocenters. The van der Waals surface area contributed by atoms with Crippen molar-refractivity contribution in [2.75, 3.05) is 6.61 Å². The van der Waals surface area contributed by atoms with Gasteiger partial charge in [-0.05, 0) is 30.7 Å². The molecular formula is C15H15F3N2O3. The van der Waals surface area contributed by atoms with Crippen molar-refractivity contribution in [3.63, 3.8) is 0 Å². The lowest BCUT2D eigenvalue weighted by Crippen LogP contribution is -2.22. The maximum absolute atomic E-state index is 12.1. The zero-order valence-corrected chi connectivity index (χ0v) is 12.3. The zero-order valence-electron chi connectivity index (χ0n) is 12.3. The first kappa shape index (κ1) is 16.9. The summed E-state index contributed by atoms with van der Waals surface area (Å²) in [6.07, 6.45) is -3.23. The van der Waals surface area contributed by atoms with E-state index in [1.165, 1.54) is 28.8 Å². The summed E-state index contributed by atoms with van der Waals surface area (Å²) in [7, 11) is 0. The number of aryl methyl sites for hydroxylation is 1. The van der Waals surface area contributed by atoms with Gasteiger partial charge in [0.25, 0.3) is 5.56 Å². The lowest BCUT2D eigenvalue weighted by molar-refractivity contribution is -0.153. The fraction of sp³-hybridized carbons (Fsp3) is 0.333. The Kier molecular flexibility index (Phi) is 4.92. The maximum Gasteiger partial charge on any atom is 0.422 e. The SMILES string of the molecule is CCCc1nc(O)cc(=O)n1-c1ccc(OCC(F)(F)F)cc1. The number of alkyl halides is 3. The predicted molar refractivity (Wildman–Crippen MR) is 77.0 cm³/mol. The van der Waals surface area contributed by atoms with Crippen LogP contribution < -0.4 is 10.3 Å². The van der Waals surface area contributed by atoms with Gasteiger partial charge in [-0.3, -0.25) is 9.36 Å². The molecule has 0 radical (unpaired) electrons. The van der Waals surface area contributed by atoms with E-state index in [0.717, 1.165) is 6.07 Å². The van der Waals surface area contributed by atoms with Crippen molar-refractivity contribution in [3.05, 3.63) is 46.5 Å². The molecule has 1 aromatic carbocycles. The number of halogens is 3. The van der Waals surface area contributed by atoms with Gasteiger partial charge in [0.15, 0.2) is 6.61 Å². The first-order valence-electron chi connectivity index (χ1n) is 6.92. The molecule has 0 saturated heterocycles. The number of nitrogens with zero attached hydrogens (tertiary/aromatic N) is 2. The molecule has 124 valence electrons. The van der Waals surface area contributed by atoms with Crippen LogP contribution in [0.5, 0.6) is 11.6 Å². The highest BCUT2D eigenvalue weighted by Gasteiger charge is 2.28. The number of hydrogen-bond acceptors (Lipinski definition) is 4. The third-order valence-corrected chi connectivity index (χ3v) is 2.95. The van der Waals surface area contributed by atoms with Crippen LogP contribution in [0.2, 0.25) is 0 Å². The highest BCUT2D eigenvalue weighted by atomic mass is 19.4. The van der Waals surface area contributed by atoms with Crippen molar-refractivity contribution < 1.29 is 23.0 Å². The number of hydrogen-bond donors (Lipinski definition) is 1. The maximum atomic E-state index is 12.1. The fourth-order valence-electron chi connectivity index (χ4n) is 2.04. The van der Waals surface area contributed by atoms with Crippen molar-refractivity contribution in [2.24, 2.45) is 0 Å². The van der Waals surface area contributed by atoms with Gasteiger partial charge in [-0.25, -0.2) is 0 Å². The van der Waals surface area contributed by atoms with Crippen LogP contribution in [0.1, 0.15) is 19.2 Å². The van der Waals surface area contributed by atoms with Gasteiger partial charge in [0, 0.05) is 6.42 Å². The van der Waals surface area contributed by atoms with Gasteiger partial charge in [0.05, 0.1) is 11.8 Å². The van der Waals surface area contributed by atoms with Crippen LogP contribution in [-0.4, -0.2) is 27.4 Å². The Morgan fingerprint density at radius 2 is 1.91 bits per heavy atom. The highest BCUT2D eigenvalue weighted by molar-refractivity contribution is 5.38. The number of aromatic nitrogens is 2. The Labute approximate surface area is 130 Å². The molecule has 0 atom stereocenters. The molecule has 1 N–H and O–H groups in total. The first-order valence-corrected chi connectivity index (χ1v) is 6.92. The zero-order chi connectivity index (χ0) is 17.0. The molecule has 2 rings (SSSR count). The number of benzene rings is 1. The summed E-state index contributed by atoms with van der Waals surface area (Å²) in [6, 6.07) is 6.59. The second-order valence-electron chi connectivity index (χ2n) is 4.85. The van der Waals surface area contributed by atoms with E-state index >= 15 is 0 Å². The lowest BCUT2D eigenvalue weighted by atomic mass is 10.2. The molecular weight excluding hydrogens is 313 g/mol. The third kappa shape index (κ3) is 4.48. The van der Waals surface area contributed by atoms with Gasteiger partial charge in [-0.1, -0.05) is 6.92 Å². The summed E-state index contributed by atoms with van der Waals surface area (Å²) >= 11 is 0. The summed E-state index contributed by atoms with van der Waals surface area (Å²) in [4.78, 5) is 16.0. The second-order valence-corrected chi connectivity index (χ2v) is 4.85. The van der Waals surface area contributed by atoms with Gasteiger partial charge >= 0.3 is 6.18 Å². The van der Waals surface area contributed by atoms with Crippen LogP contribution in [0.4, 0.5) is 13.2 Å². The molecule has 0 aliphatic rings. The molecule has 1 heterocycles. The third-order valence-electron chi connectivity index (χ3n) is 2.95. The predicted octanol–water partition coefficient (Wildman–Crippen LogP) is 2.83. The summed E-state index contributed by atoms with van der Waals surface area (Å²) in [6.45, 7) is 0.517. The molecule has 0 fully saturated rings. The summed E-state index contributed by atoms with van der Waals surface area (Å²) in [5.41, 5.74) is -0.0322. The first-order chi connectivity index (χ1) is 10.8. The van der Waals surface area contributed by atoms with E-state index in [1.54, 1.807) is 0 Å². The van der Waals surface area contributed by atoms with Crippen LogP contribution in [0.25, 0.3) is 5.69 Å². The van der Waals surface area contributed by atoms with E-state index in [9.17, 15) is 23.1 Å². The number of aromatic hydroxyl groups is 1. The van der Waals surface area contributed by atoms with Crippen LogP contribution >= 0.6 is 0 Å². The standard InChI is InChI=1S/C15H15F3N2O3/c1-2-3-12-19-13(21)8-14(22)20(12)10-4-6-11(7-5-10)23-9-15(16,17)18/h4-8,21H,2-3,9H2,1H3. The van der Waals surface area contributed by atoms with E-state index in [1.807, 2.05) is 6.92 Å². The van der Waals surface area contributed by atoms with Crippen LogP contribution in [0, 0.1) is 0 Å². The monoisotopic (exact) mass is 328 g/mol. The lowest BCUT2D eigenvalue weighted by Gasteiger charge is -2.13. The average molecular weight is 328 g/mol. The quantitative estimate of drug-likeness (QED) is 0.917. The molecule has 23 heavy (non-hydrogen) atoms. The highest BCUT2D eigenvalue weighted by Crippen LogP contribution is 2.20. The van der Waals surface area contributed by atoms with Gasteiger partial charge in [-0.15, -0.1) is 0 Å². The molecule has 0 spiro atoms. The Balaban J connectivity index is 2.31. The fourth-order valence-corrected chi connectivity index (χ4v) is 2.04. The molecule has 0 amide bonds. The van der Waals surface area contributed by atoms with E-state index < -0.39 is 18.3 Å². The average Bonchev–Trinajstić information content (AvgIpc) is 2.45. The number of ether oxygens (including phenoxy) is 1. The molecule has 0 saturated carbocycles. The van der Waals surface area contributed by atoms with Crippen LogP contribution in [0.15, 0.2) is 35.1 Å². The molecule has 0 aliphatic carbocycles. The second kappa shape index (κ2) is 6.72. The van der Waals surface area contributed by atoms with Gasteiger partial charge in [0.2, 0.25) is 5.88 Å². The van der Waals surface area contributed by atoms with E-state index in [0.29, 0.717) is 24.4 Å². The Morgan fingerprint density at radius 3 is 2.48 bits per heavy atom. The van der Waals surface area contributed by atoms with Crippen molar-refractivity contribution in [2.45, 2.75) is 25.9 Å². The normalized spacial score (nSPS) is 11.5. The minimum Gasteiger partial charge on any atom is -0.493 e. The Morgan fingerprint density at radius 1 is 1.26 bits per heavy atom. The molecule has 2 aromatic rings. The Bertz CT molecular complexity index is 724. The molecule has 0 aliphatic heterocycles. The van der Waals surface area contributed by atoms with Crippen molar-refractivity contribution >= 4 is 0 Å². The largest absolute Gasteiger partial charge is 0.493 e. The summed E-state index contributed by atoms with van der Waals surface area (Å²) in [5, 5.41) is 9.43. The smallest absolute Gasteiger partial charge is 0.422 e. The molecule has 5 nitrogen and oxygen atoms in total. The summed E-state index contributed by atoms with van der Waals surface area (Å²) in [5.74, 6) is 0.0594.